The highest BCUT2D eigenvalue weighted by molar-refractivity contribution is 7.89. The standard InChI is InChI=1S/C18H13Cl2N5O4S/c1-9-6-10(19)7-11-15(9)23-17(29-18(11)26)13-8-14(30(27,28)21-2)24-25(13)16-12(20)4-3-5-22-16/h3-8,21H,1-2H3. The maximum atomic E-state index is 12.6. The lowest BCUT2D eigenvalue weighted by Crippen LogP contribution is -2.19. The first-order valence-corrected chi connectivity index (χ1v) is 10.7. The first-order valence-electron chi connectivity index (χ1n) is 8.47. The Hall–Kier alpha value is -2.79. The van der Waals surface area contributed by atoms with E-state index in [4.69, 9.17) is 27.6 Å². The van der Waals surface area contributed by atoms with E-state index in [-0.39, 0.29) is 32.8 Å². The predicted molar refractivity (Wildman–Crippen MR) is 112 cm³/mol. The van der Waals surface area contributed by atoms with Crippen LogP contribution in [0.5, 0.6) is 0 Å². The number of pyridine rings is 1. The van der Waals surface area contributed by atoms with Gasteiger partial charge in [0.05, 0.1) is 15.9 Å². The molecule has 0 amide bonds. The minimum atomic E-state index is -3.91. The van der Waals surface area contributed by atoms with Gasteiger partial charge in [-0.05, 0) is 43.8 Å². The molecule has 0 fully saturated rings. The van der Waals surface area contributed by atoms with E-state index < -0.39 is 15.6 Å². The summed E-state index contributed by atoms with van der Waals surface area (Å²) in [6.07, 6.45) is 1.47. The van der Waals surface area contributed by atoms with E-state index in [0.717, 1.165) is 4.68 Å². The molecule has 0 spiro atoms. The molecule has 4 rings (SSSR count). The van der Waals surface area contributed by atoms with E-state index in [2.05, 4.69) is 19.8 Å². The molecule has 0 atom stereocenters. The van der Waals surface area contributed by atoms with E-state index in [1.165, 1.54) is 25.4 Å². The van der Waals surface area contributed by atoms with Crippen LogP contribution in [0, 0.1) is 6.92 Å². The third-order valence-corrected chi connectivity index (χ3v) is 6.08. The fraction of sp³-hybridized carbons (Fsp3) is 0.111. The Morgan fingerprint density at radius 1 is 1.20 bits per heavy atom. The monoisotopic (exact) mass is 465 g/mol. The highest BCUT2D eigenvalue weighted by Gasteiger charge is 2.25. The van der Waals surface area contributed by atoms with Crippen molar-refractivity contribution in [1.82, 2.24) is 24.5 Å². The number of benzene rings is 1. The molecular weight excluding hydrogens is 453 g/mol. The van der Waals surface area contributed by atoms with Crippen LogP contribution in [0.15, 0.2) is 50.8 Å². The van der Waals surface area contributed by atoms with Crippen LogP contribution < -0.4 is 10.3 Å². The molecule has 30 heavy (non-hydrogen) atoms. The highest BCUT2D eigenvalue weighted by atomic mass is 35.5. The summed E-state index contributed by atoms with van der Waals surface area (Å²) in [5.41, 5.74) is 0.413. The van der Waals surface area contributed by atoms with Gasteiger partial charge in [-0.2, -0.15) is 5.10 Å². The Bertz CT molecular complexity index is 1460. The number of aromatic nitrogens is 4. The van der Waals surface area contributed by atoms with Gasteiger partial charge in [0.15, 0.2) is 10.8 Å². The van der Waals surface area contributed by atoms with Crippen LogP contribution in [0.2, 0.25) is 10.0 Å². The van der Waals surface area contributed by atoms with Gasteiger partial charge in [-0.25, -0.2) is 32.6 Å². The number of aryl methyl sites for hydroxylation is 1. The molecule has 0 saturated heterocycles. The molecule has 0 unspecified atom stereocenters. The van der Waals surface area contributed by atoms with Crippen molar-refractivity contribution >= 4 is 44.1 Å². The van der Waals surface area contributed by atoms with Gasteiger partial charge in [0.2, 0.25) is 5.89 Å². The van der Waals surface area contributed by atoms with Gasteiger partial charge >= 0.3 is 5.63 Å². The molecule has 1 N–H and O–H groups in total. The topological polar surface area (TPSA) is 120 Å². The average Bonchev–Trinajstić information content (AvgIpc) is 3.15. The second kappa shape index (κ2) is 7.47. The van der Waals surface area contributed by atoms with Crippen LogP contribution in [0.25, 0.3) is 28.3 Å². The molecule has 4 aromatic rings. The molecule has 0 aliphatic carbocycles. The number of rotatable bonds is 4. The minimum Gasteiger partial charge on any atom is -0.401 e. The molecule has 0 saturated carbocycles. The van der Waals surface area contributed by atoms with Crippen molar-refractivity contribution in [3.05, 3.63) is 62.6 Å². The lowest BCUT2D eigenvalue weighted by atomic mass is 10.1. The molecule has 154 valence electrons. The second-order valence-electron chi connectivity index (χ2n) is 6.22. The largest absolute Gasteiger partial charge is 0.401 e. The summed E-state index contributed by atoms with van der Waals surface area (Å²) in [6.45, 7) is 1.74. The van der Waals surface area contributed by atoms with Gasteiger partial charge in [0, 0.05) is 17.3 Å². The first-order chi connectivity index (χ1) is 14.2. The molecule has 3 aromatic heterocycles. The van der Waals surface area contributed by atoms with Crippen molar-refractivity contribution in [2.45, 2.75) is 11.9 Å². The quantitative estimate of drug-likeness (QED) is 0.491. The Labute approximate surface area is 180 Å². The molecule has 0 radical (unpaired) electrons. The SMILES string of the molecule is CNS(=O)(=O)c1cc(-c2nc3c(C)cc(Cl)cc3c(=O)o2)n(-c2ncccc2Cl)n1. The number of sulfonamides is 1. The van der Waals surface area contributed by atoms with Crippen molar-refractivity contribution in [3.63, 3.8) is 0 Å². The van der Waals surface area contributed by atoms with Crippen LogP contribution in [0.3, 0.4) is 0 Å². The summed E-state index contributed by atoms with van der Waals surface area (Å²) in [5.74, 6) is -0.00575. The summed E-state index contributed by atoms with van der Waals surface area (Å²) in [7, 11) is -2.66. The third-order valence-electron chi connectivity index (χ3n) is 4.28. The number of nitrogens with one attached hydrogen (secondary N) is 1. The summed E-state index contributed by atoms with van der Waals surface area (Å²) in [6, 6.07) is 7.51. The number of hydrogen-bond donors (Lipinski definition) is 1. The van der Waals surface area contributed by atoms with E-state index in [9.17, 15) is 13.2 Å². The van der Waals surface area contributed by atoms with Gasteiger partial charge in [0.25, 0.3) is 10.0 Å². The van der Waals surface area contributed by atoms with E-state index in [1.54, 1.807) is 25.1 Å². The van der Waals surface area contributed by atoms with Gasteiger partial charge in [-0.1, -0.05) is 23.2 Å². The lowest BCUT2D eigenvalue weighted by Gasteiger charge is -2.08. The summed E-state index contributed by atoms with van der Waals surface area (Å²) in [5, 5.41) is 4.56. The summed E-state index contributed by atoms with van der Waals surface area (Å²) in [4.78, 5) is 21.2. The maximum Gasteiger partial charge on any atom is 0.347 e. The van der Waals surface area contributed by atoms with Crippen LogP contribution in [-0.2, 0) is 10.0 Å². The lowest BCUT2D eigenvalue weighted by molar-refractivity contribution is 0.513. The molecule has 9 nitrogen and oxygen atoms in total. The zero-order chi connectivity index (χ0) is 21.6. The normalized spacial score (nSPS) is 11.9. The Balaban J connectivity index is 2.06. The van der Waals surface area contributed by atoms with Crippen LogP contribution >= 0.6 is 23.2 Å². The molecular formula is C18H13Cl2N5O4S. The minimum absolute atomic E-state index is 0.0813. The maximum absolute atomic E-state index is 12.6. The van der Waals surface area contributed by atoms with Crippen LogP contribution in [-0.4, -0.2) is 35.2 Å². The Kier molecular flexibility index (Phi) is 5.10. The number of fused-ring (bicyclic) bond motifs is 1. The average molecular weight is 466 g/mol. The van der Waals surface area contributed by atoms with Crippen LogP contribution in [0.1, 0.15) is 5.56 Å². The third kappa shape index (κ3) is 3.47. The molecule has 0 aliphatic heterocycles. The van der Waals surface area contributed by atoms with Gasteiger partial charge < -0.3 is 4.42 Å². The Morgan fingerprint density at radius 2 is 1.97 bits per heavy atom. The number of halogens is 2. The Morgan fingerprint density at radius 3 is 2.67 bits per heavy atom. The molecule has 1 aromatic carbocycles. The van der Waals surface area contributed by atoms with E-state index in [0.29, 0.717) is 16.1 Å². The smallest absolute Gasteiger partial charge is 0.347 e. The number of hydrogen-bond acceptors (Lipinski definition) is 7. The molecule has 3 heterocycles. The number of nitrogens with zero attached hydrogens (tertiary/aromatic N) is 4. The summed E-state index contributed by atoms with van der Waals surface area (Å²) < 4.78 is 33.4. The predicted octanol–water partition coefficient (Wildman–Crippen LogP) is 2.96. The zero-order valence-corrected chi connectivity index (χ0v) is 17.9. The fourth-order valence-electron chi connectivity index (χ4n) is 2.86. The van der Waals surface area contributed by atoms with Gasteiger partial charge in [-0.15, -0.1) is 0 Å². The van der Waals surface area contributed by atoms with Gasteiger partial charge in [-0.3, -0.25) is 0 Å². The molecule has 0 aliphatic rings. The second-order valence-corrected chi connectivity index (χ2v) is 8.90. The van der Waals surface area contributed by atoms with Crippen LogP contribution in [0.4, 0.5) is 0 Å². The highest BCUT2D eigenvalue weighted by Crippen LogP contribution is 2.28. The molecule has 12 heteroatoms. The first kappa shape index (κ1) is 20.5. The molecule has 0 bridgehead atoms. The van der Waals surface area contributed by atoms with Crippen molar-refractivity contribution in [2.24, 2.45) is 0 Å². The van der Waals surface area contributed by atoms with Gasteiger partial charge in [0.1, 0.15) is 5.69 Å². The van der Waals surface area contributed by atoms with Crippen molar-refractivity contribution in [3.8, 4) is 17.4 Å². The summed E-state index contributed by atoms with van der Waals surface area (Å²) >= 11 is 12.3. The zero-order valence-electron chi connectivity index (χ0n) is 15.6. The van der Waals surface area contributed by atoms with E-state index in [1.807, 2.05) is 0 Å². The van der Waals surface area contributed by atoms with Crippen molar-refractivity contribution < 1.29 is 12.8 Å². The van der Waals surface area contributed by atoms with Crippen molar-refractivity contribution in [1.29, 1.82) is 0 Å². The fourth-order valence-corrected chi connectivity index (χ4v) is 4.00. The van der Waals surface area contributed by atoms with Crippen molar-refractivity contribution in [2.75, 3.05) is 7.05 Å². The van der Waals surface area contributed by atoms with E-state index >= 15 is 0 Å².